The molecule has 3 rings (SSSR count). The van der Waals surface area contributed by atoms with Crippen LogP contribution >= 0.6 is 34.7 Å². The van der Waals surface area contributed by atoms with Crippen LogP contribution in [0.3, 0.4) is 0 Å². The van der Waals surface area contributed by atoms with Gasteiger partial charge in [0.15, 0.2) is 4.34 Å². The first-order chi connectivity index (χ1) is 13.0. The molecule has 0 bridgehead atoms. The Kier molecular flexibility index (Phi) is 7.06. The number of halogens is 1. The Morgan fingerprint density at radius 2 is 1.89 bits per heavy atom. The van der Waals surface area contributed by atoms with E-state index in [1.54, 1.807) is 24.3 Å². The molecule has 0 unspecified atom stereocenters. The number of amides is 2. The van der Waals surface area contributed by atoms with Crippen LogP contribution < -0.4 is 5.32 Å². The van der Waals surface area contributed by atoms with E-state index in [1.165, 1.54) is 23.1 Å². The van der Waals surface area contributed by atoms with Gasteiger partial charge in [0.05, 0.1) is 5.75 Å². The summed E-state index contributed by atoms with van der Waals surface area (Å²) in [4.78, 5) is 28.8. The Balaban J connectivity index is 1.48. The van der Waals surface area contributed by atoms with E-state index in [4.69, 9.17) is 11.6 Å². The van der Waals surface area contributed by atoms with E-state index in [0.717, 1.165) is 32.7 Å². The molecule has 27 heavy (non-hydrogen) atoms. The third kappa shape index (κ3) is 5.65. The van der Waals surface area contributed by atoms with Crippen LogP contribution in [0.15, 0.2) is 28.6 Å². The molecule has 0 atom stereocenters. The minimum Gasteiger partial charge on any atom is -0.339 e. The molecular weight excluding hydrogens is 406 g/mol. The van der Waals surface area contributed by atoms with Crippen LogP contribution in [0.4, 0.5) is 5.69 Å². The number of piperazine rings is 1. The third-order valence-electron chi connectivity index (χ3n) is 4.19. The van der Waals surface area contributed by atoms with Gasteiger partial charge in [-0.2, -0.15) is 0 Å². The van der Waals surface area contributed by atoms with Crippen molar-refractivity contribution in [2.75, 3.05) is 43.8 Å². The Morgan fingerprint density at radius 3 is 2.56 bits per heavy atom. The summed E-state index contributed by atoms with van der Waals surface area (Å²) in [7, 11) is 0. The number of nitrogens with one attached hydrogen (secondary N) is 1. The average molecular weight is 426 g/mol. The number of benzene rings is 1. The highest BCUT2D eigenvalue weighted by Gasteiger charge is 2.21. The molecule has 144 valence electrons. The van der Waals surface area contributed by atoms with Gasteiger partial charge in [-0.05, 0) is 30.8 Å². The van der Waals surface area contributed by atoms with E-state index >= 15 is 0 Å². The Labute approximate surface area is 171 Å². The molecular formula is C17H20ClN5O2S2. The number of likely N-dealkylation sites (N-methyl/N-ethyl adjacent to an activating group) is 1. The highest BCUT2D eigenvalue weighted by Crippen LogP contribution is 2.24. The monoisotopic (exact) mass is 425 g/mol. The van der Waals surface area contributed by atoms with Gasteiger partial charge in [-0.3, -0.25) is 9.59 Å². The highest BCUT2D eigenvalue weighted by molar-refractivity contribution is 8.01. The number of hydrogen-bond acceptors (Lipinski definition) is 7. The first-order valence-electron chi connectivity index (χ1n) is 8.58. The molecule has 1 N–H and O–H groups in total. The van der Waals surface area contributed by atoms with E-state index in [1.807, 2.05) is 4.90 Å². The predicted octanol–water partition coefficient (Wildman–Crippen LogP) is 2.70. The molecule has 0 spiro atoms. The van der Waals surface area contributed by atoms with E-state index < -0.39 is 0 Å². The molecule has 0 aliphatic carbocycles. The number of nitrogens with zero attached hydrogens (tertiary/aromatic N) is 4. The van der Waals surface area contributed by atoms with Gasteiger partial charge in [0.1, 0.15) is 0 Å². The summed E-state index contributed by atoms with van der Waals surface area (Å²) in [5.74, 6) is 0.0707. The number of aromatic nitrogens is 2. The number of anilines is 1. The van der Waals surface area contributed by atoms with Crippen LogP contribution in [0.2, 0.25) is 5.02 Å². The third-order valence-corrected chi connectivity index (χ3v) is 6.49. The molecule has 1 aromatic carbocycles. The summed E-state index contributed by atoms with van der Waals surface area (Å²) in [5, 5.41) is 11.5. The van der Waals surface area contributed by atoms with Crippen molar-refractivity contribution >= 4 is 52.2 Å². The summed E-state index contributed by atoms with van der Waals surface area (Å²) in [5.41, 5.74) is 0.634. The Hall–Kier alpha value is -1.68. The number of thioether (sulfide) groups is 1. The topological polar surface area (TPSA) is 78.4 Å². The molecule has 1 aromatic heterocycles. The van der Waals surface area contributed by atoms with E-state index in [9.17, 15) is 9.59 Å². The fraction of sp³-hybridized carbons (Fsp3) is 0.412. The maximum Gasteiger partial charge on any atom is 0.286 e. The number of carbonyl (C=O) groups is 2. The summed E-state index contributed by atoms with van der Waals surface area (Å²) < 4.78 is 0.608. The first-order valence-corrected chi connectivity index (χ1v) is 10.8. The number of hydrogen-bond donors (Lipinski definition) is 1. The second-order valence-corrected chi connectivity index (χ2v) is 8.57. The minimum absolute atomic E-state index is 0.0955. The van der Waals surface area contributed by atoms with Crippen molar-refractivity contribution in [2.24, 2.45) is 0 Å². The summed E-state index contributed by atoms with van der Waals surface area (Å²) in [6, 6.07) is 6.83. The van der Waals surface area contributed by atoms with Crippen molar-refractivity contribution < 1.29 is 9.59 Å². The van der Waals surface area contributed by atoms with Crippen LogP contribution in [0.5, 0.6) is 0 Å². The molecule has 0 radical (unpaired) electrons. The van der Waals surface area contributed by atoms with Crippen LogP contribution in [0.25, 0.3) is 0 Å². The lowest BCUT2D eigenvalue weighted by Crippen LogP contribution is -2.49. The van der Waals surface area contributed by atoms with Crippen LogP contribution in [0.1, 0.15) is 16.7 Å². The molecule has 1 aliphatic rings. The zero-order valence-electron chi connectivity index (χ0n) is 14.9. The highest BCUT2D eigenvalue weighted by atomic mass is 35.5. The van der Waals surface area contributed by atoms with Crippen LogP contribution in [-0.2, 0) is 4.79 Å². The Bertz CT molecular complexity index is 791. The SMILES string of the molecule is CCN1CCN(C(=O)CSc2nnc(C(=O)Nc3ccc(Cl)cc3)s2)CC1. The van der Waals surface area contributed by atoms with Crippen molar-refractivity contribution in [3.8, 4) is 0 Å². The normalized spacial score (nSPS) is 15.0. The predicted molar refractivity (Wildman–Crippen MR) is 109 cm³/mol. The van der Waals surface area contributed by atoms with Crippen LogP contribution in [-0.4, -0.2) is 70.3 Å². The van der Waals surface area contributed by atoms with Gasteiger partial charge in [-0.15, -0.1) is 10.2 Å². The summed E-state index contributed by atoms with van der Waals surface area (Å²) in [6.45, 7) is 6.50. The molecule has 1 aliphatic heterocycles. The minimum atomic E-state index is -0.330. The molecule has 0 saturated carbocycles. The lowest BCUT2D eigenvalue weighted by Gasteiger charge is -2.33. The van der Waals surface area contributed by atoms with E-state index in [2.05, 4.69) is 27.3 Å². The summed E-state index contributed by atoms with van der Waals surface area (Å²) in [6.07, 6.45) is 0. The second-order valence-electron chi connectivity index (χ2n) is 5.94. The zero-order valence-corrected chi connectivity index (χ0v) is 17.2. The number of rotatable bonds is 6. The maximum atomic E-state index is 12.3. The molecule has 2 amide bonds. The van der Waals surface area contributed by atoms with Gasteiger partial charge in [0, 0.05) is 36.9 Å². The lowest BCUT2D eigenvalue weighted by atomic mass is 10.3. The van der Waals surface area contributed by atoms with Crippen molar-refractivity contribution in [3.63, 3.8) is 0 Å². The molecule has 7 nitrogen and oxygen atoms in total. The first kappa shape index (κ1) is 20.1. The van der Waals surface area contributed by atoms with Crippen molar-refractivity contribution in [1.29, 1.82) is 0 Å². The van der Waals surface area contributed by atoms with Gasteiger partial charge in [-0.1, -0.05) is 41.6 Å². The van der Waals surface area contributed by atoms with Crippen LogP contribution in [0, 0.1) is 0 Å². The fourth-order valence-corrected chi connectivity index (χ4v) is 4.38. The molecule has 10 heteroatoms. The molecule has 2 aromatic rings. The van der Waals surface area contributed by atoms with Gasteiger partial charge < -0.3 is 15.1 Å². The van der Waals surface area contributed by atoms with Gasteiger partial charge in [0.2, 0.25) is 10.9 Å². The van der Waals surface area contributed by atoms with Gasteiger partial charge >= 0.3 is 0 Å². The van der Waals surface area contributed by atoms with Gasteiger partial charge in [0.25, 0.3) is 5.91 Å². The quantitative estimate of drug-likeness (QED) is 0.717. The summed E-state index contributed by atoms with van der Waals surface area (Å²) >= 11 is 8.33. The van der Waals surface area contributed by atoms with Crippen molar-refractivity contribution in [2.45, 2.75) is 11.3 Å². The smallest absolute Gasteiger partial charge is 0.286 e. The number of carbonyl (C=O) groups excluding carboxylic acids is 2. The van der Waals surface area contributed by atoms with Crippen molar-refractivity contribution in [3.05, 3.63) is 34.3 Å². The molecule has 1 fully saturated rings. The van der Waals surface area contributed by atoms with E-state index in [0.29, 0.717) is 20.8 Å². The average Bonchev–Trinajstić information content (AvgIpc) is 3.17. The fourth-order valence-electron chi connectivity index (χ4n) is 2.61. The zero-order chi connectivity index (χ0) is 19.2. The lowest BCUT2D eigenvalue weighted by molar-refractivity contribution is -0.130. The maximum absolute atomic E-state index is 12.3. The van der Waals surface area contributed by atoms with Gasteiger partial charge in [-0.25, -0.2) is 0 Å². The largest absolute Gasteiger partial charge is 0.339 e. The standard InChI is InChI=1S/C17H20ClN5O2S2/c1-2-22-7-9-23(10-8-22)14(24)11-26-17-21-20-16(27-17)15(25)19-13-5-3-12(18)4-6-13/h3-6H,2,7-11H2,1H3,(H,19,25). The second kappa shape index (κ2) is 9.50. The molecule has 1 saturated heterocycles. The van der Waals surface area contributed by atoms with Crippen molar-refractivity contribution in [1.82, 2.24) is 20.0 Å². The Morgan fingerprint density at radius 1 is 1.19 bits per heavy atom. The van der Waals surface area contributed by atoms with E-state index in [-0.39, 0.29) is 16.8 Å². The molecule has 2 heterocycles.